The van der Waals surface area contributed by atoms with E-state index in [1.807, 2.05) is 12.1 Å². The molecular formula is C15H19Cl2NO3. The fourth-order valence-corrected chi connectivity index (χ4v) is 3.03. The third kappa shape index (κ3) is 4.10. The summed E-state index contributed by atoms with van der Waals surface area (Å²) >= 11 is 12.2. The summed E-state index contributed by atoms with van der Waals surface area (Å²) in [5.41, 5.74) is 0.996. The number of aliphatic hydroxyl groups is 1. The van der Waals surface area contributed by atoms with Gasteiger partial charge in [0.05, 0.1) is 17.2 Å². The molecule has 0 saturated carbocycles. The van der Waals surface area contributed by atoms with Gasteiger partial charge in [0.15, 0.2) is 6.10 Å². The van der Waals surface area contributed by atoms with E-state index in [1.54, 1.807) is 6.07 Å². The van der Waals surface area contributed by atoms with Crippen LogP contribution in [0.3, 0.4) is 0 Å². The quantitative estimate of drug-likeness (QED) is 0.862. The van der Waals surface area contributed by atoms with Gasteiger partial charge in [-0.1, -0.05) is 35.3 Å². The molecule has 4 nitrogen and oxygen atoms in total. The van der Waals surface area contributed by atoms with Gasteiger partial charge in [0.1, 0.15) is 0 Å². The van der Waals surface area contributed by atoms with Crippen LogP contribution in [0.1, 0.15) is 18.4 Å². The maximum Gasteiger partial charge on any atom is 0.334 e. The molecule has 0 aliphatic carbocycles. The third-order valence-corrected chi connectivity index (χ3v) is 4.80. The number of aliphatic hydroxyl groups excluding tert-OH is 1. The fourth-order valence-electron chi connectivity index (χ4n) is 2.65. The van der Waals surface area contributed by atoms with Crippen LogP contribution in [0, 0.1) is 5.92 Å². The zero-order valence-electron chi connectivity index (χ0n) is 11.9. The van der Waals surface area contributed by atoms with E-state index in [2.05, 4.69) is 9.64 Å². The van der Waals surface area contributed by atoms with Gasteiger partial charge in [0.25, 0.3) is 0 Å². The summed E-state index contributed by atoms with van der Waals surface area (Å²) in [4.78, 5) is 13.6. The number of halogens is 2. The summed E-state index contributed by atoms with van der Waals surface area (Å²) in [7, 11) is 1.29. The molecule has 1 atom stereocenters. The van der Waals surface area contributed by atoms with Crippen LogP contribution in [0.5, 0.6) is 0 Å². The van der Waals surface area contributed by atoms with Gasteiger partial charge in [0, 0.05) is 6.54 Å². The highest BCUT2D eigenvalue weighted by Crippen LogP contribution is 2.28. The summed E-state index contributed by atoms with van der Waals surface area (Å²) in [5.74, 6) is -0.588. The number of piperidine rings is 1. The van der Waals surface area contributed by atoms with E-state index in [9.17, 15) is 9.90 Å². The molecule has 0 radical (unpaired) electrons. The first kappa shape index (κ1) is 16.6. The highest BCUT2D eigenvalue weighted by atomic mass is 35.5. The summed E-state index contributed by atoms with van der Waals surface area (Å²) < 4.78 is 4.58. The van der Waals surface area contributed by atoms with Crippen molar-refractivity contribution in [2.45, 2.75) is 25.5 Å². The molecule has 0 amide bonds. The second-order valence-corrected chi connectivity index (χ2v) is 6.08. The van der Waals surface area contributed by atoms with Gasteiger partial charge in [-0.25, -0.2) is 4.79 Å². The van der Waals surface area contributed by atoms with Gasteiger partial charge in [0.2, 0.25) is 0 Å². The van der Waals surface area contributed by atoms with Gasteiger partial charge in [-0.15, -0.1) is 0 Å². The van der Waals surface area contributed by atoms with E-state index in [1.165, 1.54) is 7.11 Å². The van der Waals surface area contributed by atoms with Crippen molar-refractivity contribution in [1.29, 1.82) is 0 Å². The molecule has 0 aromatic heterocycles. The second kappa shape index (κ2) is 7.45. The summed E-state index contributed by atoms with van der Waals surface area (Å²) in [5, 5.41) is 11.0. The highest BCUT2D eigenvalue weighted by Gasteiger charge is 2.30. The topological polar surface area (TPSA) is 49.8 Å². The Labute approximate surface area is 134 Å². The van der Waals surface area contributed by atoms with Crippen LogP contribution < -0.4 is 0 Å². The highest BCUT2D eigenvalue weighted by molar-refractivity contribution is 6.42. The Kier molecular flexibility index (Phi) is 5.88. The third-order valence-electron chi connectivity index (χ3n) is 3.95. The smallest absolute Gasteiger partial charge is 0.334 e. The van der Waals surface area contributed by atoms with Crippen molar-refractivity contribution in [3.05, 3.63) is 33.8 Å². The lowest BCUT2D eigenvalue weighted by atomic mass is 9.91. The lowest BCUT2D eigenvalue weighted by Crippen LogP contribution is -2.40. The Hall–Kier alpha value is -0.810. The minimum Gasteiger partial charge on any atom is -0.467 e. The average molecular weight is 332 g/mol. The fraction of sp³-hybridized carbons (Fsp3) is 0.533. The molecule has 21 heavy (non-hydrogen) atoms. The number of carbonyl (C=O) groups is 1. The molecule has 0 spiro atoms. The lowest BCUT2D eigenvalue weighted by molar-refractivity contribution is -0.154. The van der Waals surface area contributed by atoms with E-state index in [-0.39, 0.29) is 5.92 Å². The number of hydrogen-bond acceptors (Lipinski definition) is 4. The van der Waals surface area contributed by atoms with Crippen molar-refractivity contribution in [1.82, 2.24) is 4.90 Å². The first-order chi connectivity index (χ1) is 10.0. The van der Waals surface area contributed by atoms with Crippen molar-refractivity contribution in [2.75, 3.05) is 20.2 Å². The molecule has 2 rings (SSSR count). The van der Waals surface area contributed by atoms with Crippen molar-refractivity contribution in [2.24, 2.45) is 5.92 Å². The zero-order valence-corrected chi connectivity index (χ0v) is 13.4. The number of likely N-dealkylation sites (tertiary alicyclic amines) is 1. The molecule has 1 aliphatic heterocycles. The van der Waals surface area contributed by atoms with Gasteiger partial charge >= 0.3 is 5.97 Å². The van der Waals surface area contributed by atoms with Gasteiger partial charge in [-0.05, 0) is 43.5 Å². The van der Waals surface area contributed by atoms with Crippen molar-refractivity contribution in [3.63, 3.8) is 0 Å². The van der Waals surface area contributed by atoms with E-state index in [0.29, 0.717) is 10.0 Å². The number of benzene rings is 1. The molecule has 1 aromatic rings. The lowest BCUT2D eigenvalue weighted by Gasteiger charge is -2.33. The van der Waals surface area contributed by atoms with Crippen molar-refractivity contribution >= 4 is 29.2 Å². The summed E-state index contributed by atoms with van der Waals surface area (Å²) in [6.45, 7) is 2.34. The predicted molar refractivity (Wildman–Crippen MR) is 82.5 cm³/mol. The van der Waals surface area contributed by atoms with Crippen LogP contribution in [0.15, 0.2) is 18.2 Å². The molecular weight excluding hydrogens is 313 g/mol. The number of rotatable bonds is 4. The molecule has 1 saturated heterocycles. The van der Waals surface area contributed by atoms with Crippen LogP contribution in [0.25, 0.3) is 0 Å². The molecule has 1 N–H and O–H groups in total. The number of methoxy groups -OCH3 is 1. The van der Waals surface area contributed by atoms with Gasteiger partial charge in [-0.3, -0.25) is 4.90 Å². The Balaban J connectivity index is 1.90. The molecule has 6 heteroatoms. The Morgan fingerprint density at radius 2 is 2.10 bits per heavy atom. The second-order valence-electron chi connectivity index (χ2n) is 5.29. The Bertz CT molecular complexity index is 502. The van der Waals surface area contributed by atoms with Crippen LogP contribution in [-0.4, -0.2) is 42.3 Å². The predicted octanol–water partition coefficient (Wildman–Crippen LogP) is 2.74. The molecule has 1 fully saturated rings. The molecule has 116 valence electrons. The number of esters is 1. The van der Waals surface area contributed by atoms with Crippen LogP contribution in [-0.2, 0) is 16.1 Å². The van der Waals surface area contributed by atoms with Gasteiger partial charge in [-0.2, -0.15) is 0 Å². The van der Waals surface area contributed by atoms with Crippen molar-refractivity contribution < 1.29 is 14.6 Å². The van der Waals surface area contributed by atoms with E-state index in [4.69, 9.17) is 23.2 Å². The standard InChI is InChI=1S/C15H19Cl2NO3/c1-21-15(20)14(19)10-5-7-18(8-6-10)9-11-3-2-4-12(16)13(11)17/h2-4,10,14,19H,5-9H2,1H3. The minimum atomic E-state index is -1.02. The first-order valence-electron chi connectivity index (χ1n) is 6.94. The Morgan fingerprint density at radius 3 is 2.71 bits per heavy atom. The summed E-state index contributed by atoms with van der Waals surface area (Å²) in [6, 6.07) is 5.62. The minimum absolute atomic E-state index is 0.0384. The SMILES string of the molecule is COC(=O)C(O)C1CCN(Cc2cccc(Cl)c2Cl)CC1. The zero-order chi connectivity index (χ0) is 15.4. The van der Waals surface area contributed by atoms with Crippen LogP contribution in [0.2, 0.25) is 10.0 Å². The monoisotopic (exact) mass is 331 g/mol. The molecule has 1 aromatic carbocycles. The van der Waals surface area contributed by atoms with Crippen LogP contribution in [0.4, 0.5) is 0 Å². The largest absolute Gasteiger partial charge is 0.467 e. The molecule has 1 unspecified atom stereocenters. The average Bonchev–Trinajstić information content (AvgIpc) is 2.51. The molecule has 1 aliphatic rings. The van der Waals surface area contributed by atoms with Crippen molar-refractivity contribution in [3.8, 4) is 0 Å². The number of carbonyl (C=O) groups excluding carboxylic acids is 1. The van der Waals surface area contributed by atoms with Gasteiger partial charge < -0.3 is 9.84 Å². The van der Waals surface area contributed by atoms with E-state index >= 15 is 0 Å². The molecule has 1 heterocycles. The number of nitrogens with zero attached hydrogens (tertiary/aromatic N) is 1. The first-order valence-corrected chi connectivity index (χ1v) is 7.69. The maximum absolute atomic E-state index is 11.3. The number of ether oxygens (including phenoxy) is 1. The molecule has 0 bridgehead atoms. The van der Waals surface area contributed by atoms with Crippen LogP contribution >= 0.6 is 23.2 Å². The Morgan fingerprint density at radius 1 is 1.43 bits per heavy atom. The normalized spacial score (nSPS) is 18.5. The number of hydrogen-bond donors (Lipinski definition) is 1. The van der Waals surface area contributed by atoms with E-state index < -0.39 is 12.1 Å². The van der Waals surface area contributed by atoms with E-state index in [0.717, 1.165) is 38.0 Å². The maximum atomic E-state index is 11.3. The summed E-state index contributed by atoms with van der Waals surface area (Å²) in [6.07, 6.45) is 0.495.